The van der Waals surface area contributed by atoms with Crippen molar-refractivity contribution in [3.63, 3.8) is 0 Å². The quantitative estimate of drug-likeness (QED) is 0.355. The Morgan fingerprint density at radius 3 is 2.14 bits per heavy atom. The minimum atomic E-state index is -0.505. The number of likely N-dealkylation sites (N-methyl/N-ethyl adjacent to an activating group) is 1. The van der Waals surface area contributed by atoms with Gasteiger partial charge in [-0.05, 0) is 74.1 Å². The zero-order chi connectivity index (χ0) is 25.0. The maximum atomic E-state index is 13.6. The number of hydrogen-bond acceptors (Lipinski definition) is 5. The van der Waals surface area contributed by atoms with E-state index in [1.807, 2.05) is 106 Å². The average molecular weight is 475 g/mol. The number of anilines is 1. The van der Waals surface area contributed by atoms with Gasteiger partial charge in [-0.15, -0.1) is 0 Å². The van der Waals surface area contributed by atoms with Gasteiger partial charge in [-0.2, -0.15) is 0 Å². The second-order valence-corrected chi connectivity index (χ2v) is 8.33. The molecule has 0 fully saturated rings. The smallest absolute Gasteiger partial charge is 0.236 e. The molecule has 0 saturated carbocycles. The number of rotatable bonds is 12. The van der Waals surface area contributed by atoms with Gasteiger partial charge in [-0.3, -0.25) is 4.79 Å². The molecule has 184 valence electrons. The molecular weight excluding hydrogens is 440 g/mol. The highest BCUT2D eigenvalue weighted by Crippen LogP contribution is 2.34. The maximum absolute atomic E-state index is 13.6. The molecule has 0 radical (unpaired) electrons. The molecule has 3 aromatic carbocycles. The van der Waals surface area contributed by atoms with Gasteiger partial charge in [0, 0.05) is 19.3 Å². The van der Waals surface area contributed by atoms with Gasteiger partial charge < -0.3 is 24.4 Å². The van der Waals surface area contributed by atoms with Crippen LogP contribution in [0.25, 0.3) is 5.57 Å². The summed E-state index contributed by atoms with van der Waals surface area (Å²) < 4.78 is 16.3. The van der Waals surface area contributed by atoms with E-state index in [0.29, 0.717) is 18.0 Å². The van der Waals surface area contributed by atoms with Crippen molar-refractivity contribution in [2.24, 2.45) is 0 Å². The third-order valence-corrected chi connectivity index (χ3v) is 5.48. The summed E-state index contributed by atoms with van der Waals surface area (Å²) in [6.07, 6.45) is 2.00. The first kappa shape index (κ1) is 26.0. The second kappa shape index (κ2) is 13.3. The Morgan fingerprint density at radius 2 is 1.54 bits per heavy atom. The number of amides is 1. The van der Waals surface area contributed by atoms with Crippen LogP contribution in [0.2, 0.25) is 0 Å². The molecule has 0 saturated heterocycles. The van der Waals surface area contributed by atoms with E-state index in [2.05, 4.69) is 10.2 Å². The van der Waals surface area contributed by atoms with Crippen LogP contribution in [0.1, 0.15) is 24.0 Å². The highest BCUT2D eigenvalue weighted by molar-refractivity contribution is 6.04. The van der Waals surface area contributed by atoms with Crippen LogP contribution in [0, 0.1) is 0 Å². The number of allylic oxidation sites excluding steroid dienone is 1. The van der Waals surface area contributed by atoms with E-state index in [-0.39, 0.29) is 12.7 Å². The van der Waals surface area contributed by atoms with Crippen LogP contribution in [0.5, 0.6) is 11.5 Å². The summed E-state index contributed by atoms with van der Waals surface area (Å²) in [6, 6.07) is 25.0. The molecule has 6 nitrogen and oxygen atoms in total. The topological polar surface area (TPSA) is 60.0 Å². The summed E-state index contributed by atoms with van der Waals surface area (Å²) in [6.45, 7) is 3.56. The van der Waals surface area contributed by atoms with Crippen LogP contribution >= 0.6 is 0 Å². The van der Waals surface area contributed by atoms with Gasteiger partial charge >= 0.3 is 0 Å². The molecule has 1 unspecified atom stereocenters. The molecule has 1 atom stereocenters. The number of hydrogen-bond donors (Lipinski definition) is 1. The van der Waals surface area contributed by atoms with Gasteiger partial charge in [0.1, 0.15) is 18.1 Å². The van der Waals surface area contributed by atoms with Crippen molar-refractivity contribution in [2.45, 2.75) is 12.8 Å². The van der Waals surface area contributed by atoms with E-state index in [4.69, 9.17) is 14.2 Å². The largest absolute Gasteiger partial charge is 0.492 e. The van der Waals surface area contributed by atoms with Crippen molar-refractivity contribution < 1.29 is 19.0 Å². The first-order chi connectivity index (χ1) is 17.0. The van der Waals surface area contributed by atoms with Crippen LogP contribution in [0.15, 0.2) is 84.9 Å². The lowest BCUT2D eigenvalue weighted by Crippen LogP contribution is -2.22. The molecule has 0 aliphatic carbocycles. The first-order valence-electron chi connectivity index (χ1n) is 11.6. The summed E-state index contributed by atoms with van der Waals surface area (Å²) in [4.78, 5) is 15.7. The van der Waals surface area contributed by atoms with Crippen LogP contribution < -0.4 is 14.8 Å². The third kappa shape index (κ3) is 7.70. The number of benzene rings is 3. The summed E-state index contributed by atoms with van der Waals surface area (Å²) in [7, 11) is 5.59. The highest BCUT2D eigenvalue weighted by atomic mass is 16.7. The van der Waals surface area contributed by atoms with Crippen molar-refractivity contribution in [1.29, 1.82) is 0 Å². The summed E-state index contributed by atoms with van der Waals surface area (Å²) in [5, 5.41) is 3.08. The Morgan fingerprint density at radius 1 is 0.914 bits per heavy atom. The van der Waals surface area contributed by atoms with Gasteiger partial charge in [-0.1, -0.05) is 48.5 Å². The third-order valence-electron chi connectivity index (χ3n) is 5.48. The van der Waals surface area contributed by atoms with Crippen LogP contribution in [0.4, 0.5) is 5.69 Å². The van der Waals surface area contributed by atoms with Crippen molar-refractivity contribution in [3.8, 4) is 11.5 Å². The van der Waals surface area contributed by atoms with E-state index in [9.17, 15) is 4.79 Å². The first-order valence-corrected chi connectivity index (χ1v) is 11.6. The fourth-order valence-electron chi connectivity index (χ4n) is 3.68. The predicted molar refractivity (Wildman–Crippen MR) is 141 cm³/mol. The number of carbonyl (C=O) groups is 1. The molecule has 35 heavy (non-hydrogen) atoms. The second-order valence-electron chi connectivity index (χ2n) is 8.33. The van der Waals surface area contributed by atoms with Crippen LogP contribution in [0.3, 0.4) is 0 Å². The van der Waals surface area contributed by atoms with Crippen molar-refractivity contribution in [1.82, 2.24) is 4.90 Å². The lowest BCUT2D eigenvalue weighted by atomic mass is 9.85. The summed E-state index contributed by atoms with van der Waals surface area (Å²) >= 11 is 0. The molecular formula is C29H34N2O4. The predicted octanol–water partition coefficient (Wildman–Crippen LogP) is 5.44. The molecule has 6 heteroatoms. The summed E-state index contributed by atoms with van der Waals surface area (Å²) in [5.41, 5.74) is 3.51. The zero-order valence-electron chi connectivity index (χ0n) is 20.9. The Kier molecular flexibility index (Phi) is 9.90. The molecule has 1 N–H and O–H groups in total. The molecule has 0 spiro atoms. The van der Waals surface area contributed by atoms with Crippen LogP contribution in [-0.4, -0.2) is 52.0 Å². The van der Waals surface area contributed by atoms with E-state index >= 15 is 0 Å². The maximum Gasteiger partial charge on any atom is 0.236 e. The van der Waals surface area contributed by atoms with Gasteiger partial charge in [0.25, 0.3) is 0 Å². The number of nitrogens with one attached hydrogen (secondary N) is 1. The van der Waals surface area contributed by atoms with Gasteiger partial charge in [-0.25, -0.2) is 0 Å². The Hall–Kier alpha value is -3.61. The van der Waals surface area contributed by atoms with Crippen molar-refractivity contribution in [3.05, 3.63) is 96.1 Å². The number of carbonyl (C=O) groups excluding carboxylic acids is 1. The minimum Gasteiger partial charge on any atom is -0.492 e. The standard InChI is InChI=1S/C29H34N2O4/c1-5-27(22-9-7-6-8-10-22)28(23-11-15-26(16-12-23)35-21-33-4)29(32)30-24-13-17-25(18-14-24)34-20-19-31(2)3/h5-18,28H,19-21H2,1-4H3,(H,30,32)/b27-5+. The molecule has 0 aromatic heterocycles. The van der Waals surface area contributed by atoms with Gasteiger partial charge in [0.15, 0.2) is 6.79 Å². The fourth-order valence-corrected chi connectivity index (χ4v) is 3.68. The molecule has 0 bridgehead atoms. The van der Waals surface area contributed by atoms with Crippen molar-refractivity contribution in [2.75, 3.05) is 46.5 Å². The van der Waals surface area contributed by atoms with E-state index < -0.39 is 5.92 Å². The SMILES string of the molecule is C/C=C(\c1ccccc1)C(C(=O)Nc1ccc(OCCN(C)C)cc1)c1ccc(OCOC)cc1. The average Bonchev–Trinajstić information content (AvgIpc) is 2.87. The van der Waals surface area contributed by atoms with E-state index in [0.717, 1.165) is 29.0 Å². The van der Waals surface area contributed by atoms with Crippen molar-refractivity contribution >= 4 is 17.2 Å². The minimum absolute atomic E-state index is 0.117. The monoisotopic (exact) mass is 474 g/mol. The number of nitrogens with zero attached hydrogens (tertiary/aromatic N) is 1. The summed E-state index contributed by atoms with van der Waals surface area (Å²) in [5.74, 6) is 0.830. The molecule has 0 heterocycles. The van der Waals surface area contributed by atoms with Gasteiger partial charge in [0.05, 0.1) is 5.92 Å². The zero-order valence-corrected chi connectivity index (χ0v) is 20.9. The molecule has 1 amide bonds. The molecule has 3 aromatic rings. The number of ether oxygens (including phenoxy) is 3. The lowest BCUT2D eigenvalue weighted by Gasteiger charge is -2.21. The normalized spacial score (nSPS) is 12.3. The van der Waals surface area contributed by atoms with Gasteiger partial charge in [0.2, 0.25) is 5.91 Å². The Labute approximate surface area is 208 Å². The molecule has 3 rings (SSSR count). The number of methoxy groups -OCH3 is 1. The molecule has 0 aliphatic heterocycles. The van der Waals surface area contributed by atoms with E-state index in [1.165, 1.54) is 0 Å². The van der Waals surface area contributed by atoms with Crippen LogP contribution in [-0.2, 0) is 9.53 Å². The Balaban J connectivity index is 1.82. The van der Waals surface area contributed by atoms with E-state index in [1.54, 1.807) is 7.11 Å². The lowest BCUT2D eigenvalue weighted by molar-refractivity contribution is -0.116. The Bertz CT molecular complexity index is 1080. The molecule has 0 aliphatic rings. The highest BCUT2D eigenvalue weighted by Gasteiger charge is 2.26. The fraction of sp³-hybridized carbons (Fsp3) is 0.276.